The van der Waals surface area contributed by atoms with Crippen LogP contribution in [-0.2, 0) is 16.0 Å². The SMILES string of the molecule is CCCC(=O)N1CCC(Cc2ccccc2-c2ccncc2)(C(=O)N(C)C)CC1. The van der Waals surface area contributed by atoms with Gasteiger partial charge in [-0.3, -0.25) is 14.6 Å². The summed E-state index contributed by atoms with van der Waals surface area (Å²) in [6, 6.07) is 12.3. The fourth-order valence-corrected chi connectivity index (χ4v) is 4.35. The summed E-state index contributed by atoms with van der Waals surface area (Å²) >= 11 is 0. The molecular formula is C24H31N3O2. The molecule has 0 unspecified atom stereocenters. The molecule has 1 aliphatic rings. The molecule has 0 atom stereocenters. The van der Waals surface area contributed by atoms with Crippen LogP contribution in [0.5, 0.6) is 0 Å². The number of pyridine rings is 1. The largest absolute Gasteiger partial charge is 0.348 e. The molecule has 1 aromatic heterocycles. The second-order valence-corrected chi connectivity index (χ2v) is 8.18. The van der Waals surface area contributed by atoms with Crippen molar-refractivity contribution in [1.82, 2.24) is 14.8 Å². The van der Waals surface area contributed by atoms with Gasteiger partial charge in [-0.25, -0.2) is 0 Å². The standard InChI is InChI=1S/C24H31N3O2/c1-4-7-22(28)27-16-12-24(13-17-27,23(29)26(2)3)18-20-8-5-6-9-21(20)19-10-14-25-15-11-19/h5-6,8-11,14-15H,4,7,12-13,16-18H2,1-3H3. The van der Waals surface area contributed by atoms with Crippen molar-refractivity contribution >= 4 is 11.8 Å². The Balaban J connectivity index is 1.89. The van der Waals surface area contributed by atoms with Crippen LogP contribution >= 0.6 is 0 Å². The van der Waals surface area contributed by atoms with E-state index in [4.69, 9.17) is 0 Å². The number of aromatic nitrogens is 1. The third-order valence-electron chi connectivity index (χ3n) is 5.93. The van der Waals surface area contributed by atoms with Crippen molar-refractivity contribution in [1.29, 1.82) is 0 Å². The number of piperidine rings is 1. The third kappa shape index (κ3) is 4.66. The van der Waals surface area contributed by atoms with E-state index in [1.54, 1.807) is 17.3 Å². The van der Waals surface area contributed by atoms with Gasteiger partial charge in [-0.1, -0.05) is 31.2 Å². The lowest BCUT2D eigenvalue weighted by Gasteiger charge is -2.42. The minimum absolute atomic E-state index is 0.157. The first-order valence-electron chi connectivity index (χ1n) is 10.4. The number of hydrogen-bond acceptors (Lipinski definition) is 3. The van der Waals surface area contributed by atoms with Crippen LogP contribution < -0.4 is 0 Å². The molecule has 0 N–H and O–H groups in total. The lowest BCUT2D eigenvalue weighted by atomic mass is 9.71. The minimum Gasteiger partial charge on any atom is -0.348 e. The Labute approximate surface area is 173 Å². The van der Waals surface area contributed by atoms with Gasteiger partial charge in [-0.15, -0.1) is 0 Å². The fourth-order valence-electron chi connectivity index (χ4n) is 4.35. The Morgan fingerprint density at radius 1 is 1.07 bits per heavy atom. The zero-order valence-corrected chi connectivity index (χ0v) is 17.7. The number of benzene rings is 1. The van der Waals surface area contributed by atoms with Gasteiger partial charge in [0, 0.05) is 46.0 Å². The van der Waals surface area contributed by atoms with Crippen molar-refractivity contribution in [2.24, 2.45) is 5.41 Å². The smallest absolute Gasteiger partial charge is 0.228 e. The summed E-state index contributed by atoms with van der Waals surface area (Å²) in [6.45, 7) is 3.32. The summed E-state index contributed by atoms with van der Waals surface area (Å²) in [5.41, 5.74) is 2.95. The Hall–Kier alpha value is -2.69. The quantitative estimate of drug-likeness (QED) is 0.750. The van der Waals surface area contributed by atoms with E-state index in [1.165, 1.54) is 5.56 Å². The van der Waals surface area contributed by atoms with Crippen LogP contribution in [0.4, 0.5) is 0 Å². The van der Waals surface area contributed by atoms with E-state index in [0.717, 1.165) is 17.5 Å². The highest BCUT2D eigenvalue weighted by Crippen LogP contribution is 2.39. The lowest BCUT2D eigenvalue weighted by Crippen LogP contribution is -2.51. The van der Waals surface area contributed by atoms with Crippen LogP contribution in [0.25, 0.3) is 11.1 Å². The van der Waals surface area contributed by atoms with E-state index in [-0.39, 0.29) is 11.8 Å². The average Bonchev–Trinajstić information content (AvgIpc) is 2.75. The number of likely N-dealkylation sites (tertiary alicyclic amines) is 1. The molecule has 0 bridgehead atoms. The fraction of sp³-hybridized carbons (Fsp3) is 0.458. The van der Waals surface area contributed by atoms with Gasteiger partial charge in [-0.05, 0) is 54.5 Å². The summed E-state index contributed by atoms with van der Waals surface area (Å²) < 4.78 is 0. The topological polar surface area (TPSA) is 53.5 Å². The Bertz CT molecular complexity index is 840. The highest BCUT2D eigenvalue weighted by atomic mass is 16.2. The van der Waals surface area contributed by atoms with Crippen LogP contribution in [0.2, 0.25) is 0 Å². The molecular weight excluding hydrogens is 362 g/mol. The Morgan fingerprint density at radius 2 is 1.72 bits per heavy atom. The number of nitrogens with zero attached hydrogens (tertiary/aromatic N) is 3. The second kappa shape index (κ2) is 9.21. The molecule has 1 fully saturated rings. The monoisotopic (exact) mass is 393 g/mol. The maximum atomic E-state index is 13.3. The van der Waals surface area contributed by atoms with Crippen molar-refractivity contribution in [3.8, 4) is 11.1 Å². The van der Waals surface area contributed by atoms with E-state index in [0.29, 0.717) is 38.8 Å². The van der Waals surface area contributed by atoms with E-state index in [2.05, 4.69) is 17.1 Å². The molecule has 2 aromatic rings. The van der Waals surface area contributed by atoms with Crippen molar-refractivity contribution < 1.29 is 9.59 Å². The van der Waals surface area contributed by atoms with Gasteiger partial charge < -0.3 is 9.80 Å². The highest BCUT2D eigenvalue weighted by molar-refractivity contribution is 5.84. The summed E-state index contributed by atoms with van der Waals surface area (Å²) in [4.78, 5) is 33.4. The van der Waals surface area contributed by atoms with Gasteiger partial charge in [0.25, 0.3) is 0 Å². The van der Waals surface area contributed by atoms with E-state index in [1.807, 2.05) is 50.2 Å². The average molecular weight is 394 g/mol. The molecule has 0 radical (unpaired) electrons. The molecule has 0 aliphatic carbocycles. The van der Waals surface area contributed by atoms with Crippen LogP contribution in [0.3, 0.4) is 0 Å². The summed E-state index contributed by atoms with van der Waals surface area (Å²) in [5.74, 6) is 0.361. The van der Waals surface area contributed by atoms with Crippen molar-refractivity contribution in [2.75, 3.05) is 27.2 Å². The third-order valence-corrected chi connectivity index (χ3v) is 5.93. The molecule has 1 saturated heterocycles. The normalized spacial score (nSPS) is 15.8. The summed E-state index contributed by atoms with van der Waals surface area (Å²) in [7, 11) is 3.65. The maximum Gasteiger partial charge on any atom is 0.228 e. The molecule has 2 heterocycles. The molecule has 0 saturated carbocycles. The molecule has 2 amide bonds. The van der Waals surface area contributed by atoms with E-state index >= 15 is 0 Å². The van der Waals surface area contributed by atoms with E-state index in [9.17, 15) is 9.59 Å². The van der Waals surface area contributed by atoms with Crippen LogP contribution in [0.1, 0.15) is 38.2 Å². The predicted molar refractivity (Wildman–Crippen MR) is 115 cm³/mol. The number of rotatable bonds is 6. The van der Waals surface area contributed by atoms with Crippen molar-refractivity contribution in [2.45, 2.75) is 39.0 Å². The number of carbonyl (C=O) groups is 2. The zero-order valence-electron chi connectivity index (χ0n) is 17.7. The predicted octanol–water partition coefficient (Wildman–Crippen LogP) is 3.79. The highest BCUT2D eigenvalue weighted by Gasteiger charge is 2.43. The molecule has 5 heteroatoms. The molecule has 1 aromatic carbocycles. The molecule has 1 aliphatic heterocycles. The van der Waals surface area contributed by atoms with Gasteiger partial charge in [-0.2, -0.15) is 0 Å². The molecule has 5 nitrogen and oxygen atoms in total. The maximum absolute atomic E-state index is 13.3. The molecule has 154 valence electrons. The van der Waals surface area contributed by atoms with Crippen LogP contribution in [0.15, 0.2) is 48.8 Å². The van der Waals surface area contributed by atoms with Gasteiger partial charge in [0.05, 0.1) is 5.41 Å². The number of carbonyl (C=O) groups excluding carboxylic acids is 2. The van der Waals surface area contributed by atoms with Gasteiger partial charge >= 0.3 is 0 Å². The van der Waals surface area contributed by atoms with Crippen molar-refractivity contribution in [3.05, 3.63) is 54.4 Å². The summed E-state index contributed by atoms with van der Waals surface area (Å²) in [5, 5.41) is 0. The lowest BCUT2D eigenvalue weighted by molar-refractivity contribution is -0.146. The van der Waals surface area contributed by atoms with Crippen LogP contribution in [0, 0.1) is 5.41 Å². The first-order valence-corrected chi connectivity index (χ1v) is 10.4. The first kappa shape index (κ1) is 21.0. The molecule has 3 rings (SSSR count). The first-order chi connectivity index (χ1) is 14.0. The van der Waals surface area contributed by atoms with E-state index < -0.39 is 5.41 Å². The van der Waals surface area contributed by atoms with Gasteiger partial charge in [0.2, 0.25) is 11.8 Å². The minimum atomic E-state index is -0.477. The van der Waals surface area contributed by atoms with Crippen LogP contribution in [-0.4, -0.2) is 53.8 Å². The molecule has 29 heavy (non-hydrogen) atoms. The molecule has 0 spiro atoms. The Morgan fingerprint density at radius 3 is 2.34 bits per heavy atom. The second-order valence-electron chi connectivity index (χ2n) is 8.18. The Kier molecular flexibility index (Phi) is 6.68. The summed E-state index contributed by atoms with van der Waals surface area (Å²) in [6.07, 6.45) is 7.11. The van der Waals surface area contributed by atoms with Crippen molar-refractivity contribution in [3.63, 3.8) is 0 Å². The number of amides is 2. The zero-order chi connectivity index (χ0) is 20.9. The number of hydrogen-bond donors (Lipinski definition) is 0. The van der Waals surface area contributed by atoms with Gasteiger partial charge in [0.1, 0.15) is 0 Å². The van der Waals surface area contributed by atoms with Gasteiger partial charge in [0.15, 0.2) is 0 Å².